The molecular formula is C18H21ClN2O6S2. The first-order valence-electron chi connectivity index (χ1n) is 8.77. The number of sulfonamides is 1. The van der Waals surface area contributed by atoms with Crippen molar-refractivity contribution in [2.75, 3.05) is 33.9 Å². The molecular weight excluding hydrogens is 440 g/mol. The van der Waals surface area contributed by atoms with Crippen molar-refractivity contribution in [3.05, 3.63) is 29.3 Å². The van der Waals surface area contributed by atoms with Gasteiger partial charge >= 0.3 is 11.9 Å². The molecule has 29 heavy (non-hydrogen) atoms. The first-order chi connectivity index (χ1) is 13.7. The molecule has 1 N–H and O–H groups in total. The average molecular weight is 461 g/mol. The van der Waals surface area contributed by atoms with Crippen molar-refractivity contribution < 1.29 is 27.5 Å². The van der Waals surface area contributed by atoms with E-state index in [2.05, 4.69) is 5.32 Å². The minimum Gasteiger partial charge on any atom is -0.469 e. The highest BCUT2D eigenvalue weighted by atomic mass is 35.5. The maximum Gasteiger partial charge on any atom is 0.307 e. The summed E-state index contributed by atoms with van der Waals surface area (Å²) in [4.78, 5) is 23.9. The standard InChI is InChI=1S/C18H21ClN2O6S2/c1-26-15(22)9-18(10-16(23)27-2)11-21(6-5-20-18)29(24,25)17-7-12-3-4-13(19)8-14(12)28-17/h3-4,7-8,20H,5-6,9-11H2,1-2H3. The number of rotatable bonds is 6. The van der Waals surface area contributed by atoms with E-state index in [1.165, 1.54) is 18.5 Å². The number of piperazine rings is 1. The smallest absolute Gasteiger partial charge is 0.307 e. The highest BCUT2D eigenvalue weighted by Gasteiger charge is 2.43. The molecule has 1 fully saturated rings. The fraction of sp³-hybridized carbons (Fsp3) is 0.444. The minimum absolute atomic E-state index is 0.0610. The van der Waals surface area contributed by atoms with Crippen molar-refractivity contribution in [3.8, 4) is 0 Å². The molecule has 11 heteroatoms. The molecule has 0 spiro atoms. The van der Waals surface area contributed by atoms with E-state index in [1.807, 2.05) is 0 Å². The monoisotopic (exact) mass is 460 g/mol. The Balaban J connectivity index is 1.93. The fourth-order valence-electron chi connectivity index (χ4n) is 3.35. The molecule has 3 rings (SSSR count). The molecule has 0 unspecified atom stereocenters. The molecule has 1 aromatic carbocycles. The summed E-state index contributed by atoms with van der Waals surface area (Å²) in [6, 6.07) is 6.80. The molecule has 2 aromatic rings. The van der Waals surface area contributed by atoms with E-state index in [0.29, 0.717) is 5.02 Å². The van der Waals surface area contributed by atoms with Gasteiger partial charge in [0.2, 0.25) is 0 Å². The van der Waals surface area contributed by atoms with Gasteiger partial charge in [-0.05, 0) is 23.6 Å². The van der Waals surface area contributed by atoms with E-state index in [1.54, 1.807) is 24.3 Å². The Kier molecular flexibility index (Phi) is 6.49. The number of nitrogens with one attached hydrogen (secondary N) is 1. The third-order valence-corrected chi connectivity index (χ3v) is 8.44. The van der Waals surface area contributed by atoms with E-state index in [-0.39, 0.29) is 36.7 Å². The number of thiophene rings is 1. The second-order valence-electron chi connectivity index (χ2n) is 6.80. The van der Waals surface area contributed by atoms with Crippen molar-refractivity contribution in [1.82, 2.24) is 9.62 Å². The third kappa shape index (κ3) is 4.72. The van der Waals surface area contributed by atoms with Crippen LogP contribution in [0.25, 0.3) is 10.1 Å². The number of methoxy groups -OCH3 is 2. The Morgan fingerprint density at radius 3 is 2.48 bits per heavy atom. The van der Waals surface area contributed by atoms with E-state index in [0.717, 1.165) is 21.4 Å². The van der Waals surface area contributed by atoms with Crippen LogP contribution in [-0.4, -0.2) is 64.1 Å². The van der Waals surface area contributed by atoms with Gasteiger partial charge < -0.3 is 14.8 Å². The van der Waals surface area contributed by atoms with Crippen LogP contribution in [0.5, 0.6) is 0 Å². The molecule has 0 amide bonds. The zero-order chi connectivity index (χ0) is 21.2. The molecule has 158 valence electrons. The van der Waals surface area contributed by atoms with Gasteiger partial charge in [-0.3, -0.25) is 9.59 Å². The molecule has 0 bridgehead atoms. The molecule has 2 heterocycles. The Morgan fingerprint density at radius 1 is 1.21 bits per heavy atom. The summed E-state index contributed by atoms with van der Waals surface area (Å²) in [7, 11) is -1.34. The number of esters is 2. The van der Waals surface area contributed by atoms with Crippen molar-refractivity contribution in [1.29, 1.82) is 0 Å². The van der Waals surface area contributed by atoms with Gasteiger partial charge in [0.25, 0.3) is 10.0 Å². The fourth-order valence-corrected chi connectivity index (χ4v) is 6.71. The van der Waals surface area contributed by atoms with Crippen LogP contribution >= 0.6 is 22.9 Å². The number of hydrogen-bond acceptors (Lipinski definition) is 8. The van der Waals surface area contributed by atoms with E-state index in [9.17, 15) is 18.0 Å². The number of ether oxygens (including phenoxy) is 2. The molecule has 1 aliphatic heterocycles. The molecule has 0 radical (unpaired) electrons. The van der Waals surface area contributed by atoms with Crippen LogP contribution in [-0.2, 0) is 29.1 Å². The van der Waals surface area contributed by atoms with Crippen LogP contribution in [0.2, 0.25) is 5.02 Å². The van der Waals surface area contributed by atoms with E-state index >= 15 is 0 Å². The zero-order valence-corrected chi connectivity index (χ0v) is 18.3. The van der Waals surface area contributed by atoms with Crippen LogP contribution in [0.3, 0.4) is 0 Å². The van der Waals surface area contributed by atoms with Gasteiger partial charge in [0.1, 0.15) is 4.21 Å². The Morgan fingerprint density at radius 2 is 1.86 bits per heavy atom. The second kappa shape index (κ2) is 8.57. The lowest BCUT2D eigenvalue weighted by molar-refractivity contribution is -0.146. The Hall–Kier alpha value is -1.72. The molecule has 0 saturated carbocycles. The largest absolute Gasteiger partial charge is 0.469 e. The minimum atomic E-state index is -3.83. The van der Waals surface area contributed by atoms with Gasteiger partial charge in [-0.25, -0.2) is 8.42 Å². The summed E-state index contributed by atoms with van der Waals surface area (Å²) >= 11 is 7.13. The maximum atomic E-state index is 13.3. The lowest BCUT2D eigenvalue weighted by Crippen LogP contribution is -2.63. The van der Waals surface area contributed by atoms with Crippen molar-refractivity contribution in [2.45, 2.75) is 22.6 Å². The first-order valence-corrected chi connectivity index (χ1v) is 11.4. The second-order valence-corrected chi connectivity index (χ2v) is 10.5. The van der Waals surface area contributed by atoms with Crippen LogP contribution in [0.15, 0.2) is 28.5 Å². The normalized spacial score (nSPS) is 17.2. The van der Waals surface area contributed by atoms with Crippen molar-refractivity contribution in [2.24, 2.45) is 0 Å². The SMILES string of the molecule is COC(=O)CC1(CC(=O)OC)CN(S(=O)(=O)c2cc3ccc(Cl)cc3s2)CCN1. The molecule has 1 aliphatic rings. The van der Waals surface area contributed by atoms with Gasteiger partial charge in [0.15, 0.2) is 0 Å². The van der Waals surface area contributed by atoms with Gasteiger partial charge in [-0.1, -0.05) is 17.7 Å². The van der Waals surface area contributed by atoms with Gasteiger partial charge in [0, 0.05) is 29.4 Å². The number of benzene rings is 1. The number of hydrogen-bond donors (Lipinski definition) is 1. The van der Waals surface area contributed by atoms with Crippen LogP contribution in [0.1, 0.15) is 12.8 Å². The molecule has 0 atom stereocenters. The number of carbonyl (C=O) groups excluding carboxylic acids is 2. The Labute approximate surface area is 177 Å². The predicted octanol–water partition coefficient (Wildman–Crippen LogP) is 2.01. The molecule has 1 aromatic heterocycles. The summed E-state index contributed by atoms with van der Waals surface area (Å²) in [5.41, 5.74) is -1.11. The number of carbonyl (C=O) groups is 2. The lowest BCUT2D eigenvalue weighted by atomic mass is 9.89. The van der Waals surface area contributed by atoms with E-state index < -0.39 is 27.5 Å². The molecule has 1 saturated heterocycles. The maximum absolute atomic E-state index is 13.3. The molecule has 0 aliphatic carbocycles. The number of halogens is 1. The van der Waals surface area contributed by atoms with Crippen LogP contribution in [0, 0.1) is 0 Å². The third-order valence-electron chi connectivity index (χ3n) is 4.81. The van der Waals surface area contributed by atoms with Crippen LogP contribution < -0.4 is 5.32 Å². The summed E-state index contributed by atoms with van der Waals surface area (Å²) < 4.78 is 38.3. The van der Waals surface area contributed by atoms with Gasteiger partial charge in [0.05, 0.1) is 32.6 Å². The summed E-state index contributed by atoms with van der Waals surface area (Å²) in [5.74, 6) is -1.09. The summed E-state index contributed by atoms with van der Waals surface area (Å²) in [6.45, 7) is 0.430. The highest BCUT2D eigenvalue weighted by Crippen LogP contribution is 2.34. The first kappa shape index (κ1) is 22.0. The quantitative estimate of drug-likeness (QED) is 0.658. The summed E-state index contributed by atoms with van der Waals surface area (Å²) in [6.07, 6.45) is -0.320. The van der Waals surface area contributed by atoms with Gasteiger partial charge in [-0.15, -0.1) is 11.3 Å². The zero-order valence-electron chi connectivity index (χ0n) is 15.9. The summed E-state index contributed by atoms with van der Waals surface area (Å²) in [5, 5.41) is 4.44. The Bertz CT molecular complexity index is 1020. The van der Waals surface area contributed by atoms with Crippen molar-refractivity contribution >= 4 is 55.0 Å². The van der Waals surface area contributed by atoms with E-state index in [4.69, 9.17) is 21.1 Å². The highest BCUT2D eigenvalue weighted by molar-refractivity contribution is 7.91. The lowest BCUT2D eigenvalue weighted by Gasteiger charge is -2.41. The van der Waals surface area contributed by atoms with Crippen LogP contribution in [0.4, 0.5) is 0 Å². The van der Waals surface area contributed by atoms with Gasteiger partial charge in [-0.2, -0.15) is 4.31 Å². The average Bonchev–Trinajstić information content (AvgIpc) is 3.11. The number of nitrogens with zero attached hydrogens (tertiary/aromatic N) is 1. The molecule has 8 nitrogen and oxygen atoms in total. The topological polar surface area (TPSA) is 102 Å². The predicted molar refractivity (Wildman–Crippen MR) is 110 cm³/mol. The van der Waals surface area contributed by atoms with Crippen molar-refractivity contribution in [3.63, 3.8) is 0 Å². The number of fused-ring (bicyclic) bond motifs is 1.